The SMILES string of the molecule is CS(=O)(=O)c1nccc(Cc2ncc(-c3ccc(F)cc3)s2)n1. The van der Waals surface area contributed by atoms with Crippen molar-refractivity contribution in [1.29, 1.82) is 0 Å². The fraction of sp³-hybridized carbons (Fsp3) is 0.133. The zero-order chi connectivity index (χ0) is 16.4. The quantitative estimate of drug-likeness (QED) is 0.677. The summed E-state index contributed by atoms with van der Waals surface area (Å²) in [6.45, 7) is 0. The van der Waals surface area contributed by atoms with Crippen molar-refractivity contribution < 1.29 is 12.8 Å². The van der Waals surface area contributed by atoms with Gasteiger partial charge in [0.25, 0.3) is 0 Å². The highest BCUT2D eigenvalue weighted by atomic mass is 32.2. The van der Waals surface area contributed by atoms with Gasteiger partial charge in [0.2, 0.25) is 15.0 Å². The largest absolute Gasteiger partial charge is 0.249 e. The highest BCUT2D eigenvalue weighted by molar-refractivity contribution is 7.90. The first kappa shape index (κ1) is 15.7. The van der Waals surface area contributed by atoms with Crippen molar-refractivity contribution in [2.75, 3.05) is 6.26 Å². The Bertz CT molecular complexity index is 937. The number of halogens is 1. The summed E-state index contributed by atoms with van der Waals surface area (Å²) in [6, 6.07) is 7.85. The monoisotopic (exact) mass is 349 g/mol. The summed E-state index contributed by atoms with van der Waals surface area (Å²) in [5, 5.41) is 0.604. The molecule has 1 aromatic carbocycles. The number of rotatable bonds is 4. The average molecular weight is 349 g/mol. The van der Waals surface area contributed by atoms with Crippen molar-refractivity contribution >= 4 is 21.2 Å². The van der Waals surface area contributed by atoms with Crippen LogP contribution in [0.1, 0.15) is 10.7 Å². The van der Waals surface area contributed by atoms with E-state index in [1.54, 1.807) is 24.4 Å². The van der Waals surface area contributed by atoms with E-state index in [1.807, 2.05) is 0 Å². The van der Waals surface area contributed by atoms with Crippen molar-refractivity contribution in [3.05, 3.63) is 59.2 Å². The summed E-state index contributed by atoms with van der Waals surface area (Å²) in [5.74, 6) is -0.284. The van der Waals surface area contributed by atoms with Crippen molar-refractivity contribution in [2.24, 2.45) is 0 Å². The third kappa shape index (κ3) is 3.77. The number of hydrogen-bond donors (Lipinski definition) is 0. The Morgan fingerprint density at radius 1 is 1.13 bits per heavy atom. The minimum absolute atomic E-state index is 0.190. The van der Waals surface area contributed by atoms with Crippen LogP contribution in [0.5, 0.6) is 0 Å². The van der Waals surface area contributed by atoms with Crippen molar-refractivity contribution in [1.82, 2.24) is 15.0 Å². The molecule has 3 aromatic rings. The molecule has 0 fully saturated rings. The lowest BCUT2D eigenvalue weighted by atomic mass is 10.2. The summed E-state index contributed by atoms with van der Waals surface area (Å²) in [6.07, 6.45) is 4.62. The summed E-state index contributed by atoms with van der Waals surface area (Å²) >= 11 is 1.46. The topological polar surface area (TPSA) is 72.8 Å². The lowest BCUT2D eigenvalue weighted by molar-refractivity contribution is 0.592. The molecule has 0 spiro atoms. The molecule has 0 unspecified atom stereocenters. The Labute approximate surface area is 136 Å². The standard InChI is InChI=1S/C15H12FN3O2S2/c1-23(20,21)15-17-7-6-12(19-15)8-14-18-9-13(22-14)10-2-4-11(16)5-3-10/h2-7,9H,8H2,1H3. The molecule has 0 aliphatic rings. The molecule has 0 amide bonds. The van der Waals surface area contributed by atoms with Crippen LogP contribution in [0.4, 0.5) is 4.39 Å². The summed E-state index contributed by atoms with van der Waals surface area (Å²) in [7, 11) is -3.43. The van der Waals surface area contributed by atoms with E-state index >= 15 is 0 Å². The van der Waals surface area contributed by atoms with E-state index < -0.39 is 9.84 Å². The second-order valence-electron chi connectivity index (χ2n) is 4.90. The first-order valence-corrected chi connectivity index (χ1v) is 9.35. The lowest BCUT2D eigenvalue weighted by Crippen LogP contribution is -2.05. The van der Waals surface area contributed by atoms with E-state index in [-0.39, 0.29) is 11.0 Å². The second kappa shape index (κ2) is 6.13. The maximum Gasteiger partial charge on any atom is 0.246 e. The fourth-order valence-corrected chi connectivity index (χ4v) is 3.42. The molecule has 118 valence electrons. The number of thiazole rings is 1. The molecule has 2 heterocycles. The minimum Gasteiger partial charge on any atom is -0.249 e. The minimum atomic E-state index is -3.43. The summed E-state index contributed by atoms with van der Waals surface area (Å²) in [5.41, 5.74) is 1.47. The molecule has 3 rings (SSSR count). The van der Waals surface area contributed by atoms with E-state index in [4.69, 9.17) is 0 Å². The normalized spacial score (nSPS) is 11.6. The smallest absolute Gasteiger partial charge is 0.246 e. The number of benzene rings is 1. The third-order valence-corrected chi connectivity index (χ3v) is 4.94. The van der Waals surface area contributed by atoms with E-state index in [0.717, 1.165) is 21.7 Å². The van der Waals surface area contributed by atoms with Crippen molar-refractivity contribution in [3.63, 3.8) is 0 Å². The van der Waals surface area contributed by atoms with Gasteiger partial charge in [0.05, 0.1) is 15.6 Å². The van der Waals surface area contributed by atoms with Gasteiger partial charge < -0.3 is 0 Å². The molecule has 0 saturated carbocycles. The van der Waals surface area contributed by atoms with Gasteiger partial charge in [-0.25, -0.2) is 27.8 Å². The van der Waals surface area contributed by atoms with Gasteiger partial charge in [-0.15, -0.1) is 11.3 Å². The van der Waals surface area contributed by atoms with Crippen molar-refractivity contribution in [2.45, 2.75) is 11.6 Å². The van der Waals surface area contributed by atoms with Gasteiger partial charge in [-0.05, 0) is 23.8 Å². The molecule has 23 heavy (non-hydrogen) atoms. The van der Waals surface area contributed by atoms with Crippen LogP contribution < -0.4 is 0 Å². The fourth-order valence-electron chi connectivity index (χ4n) is 1.95. The predicted octanol–water partition coefficient (Wildman–Crippen LogP) is 2.73. The van der Waals surface area contributed by atoms with Crippen LogP contribution in [-0.4, -0.2) is 29.6 Å². The van der Waals surface area contributed by atoms with E-state index in [0.29, 0.717) is 12.1 Å². The maximum absolute atomic E-state index is 13.0. The van der Waals surface area contributed by atoms with Crippen LogP contribution in [0, 0.1) is 5.82 Å². The first-order valence-electron chi connectivity index (χ1n) is 6.64. The molecule has 0 aliphatic heterocycles. The number of hydrogen-bond acceptors (Lipinski definition) is 6. The predicted molar refractivity (Wildman–Crippen MR) is 85.5 cm³/mol. The molecular formula is C15H12FN3O2S2. The molecule has 0 radical (unpaired) electrons. The zero-order valence-corrected chi connectivity index (χ0v) is 13.7. The Morgan fingerprint density at radius 2 is 1.87 bits per heavy atom. The van der Waals surface area contributed by atoms with Crippen molar-refractivity contribution in [3.8, 4) is 10.4 Å². The van der Waals surface area contributed by atoms with Crippen LogP contribution >= 0.6 is 11.3 Å². The second-order valence-corrected chi connectivity index (χ2v) is 7.93. The molecule has 0 atom stereocenters. The van der Waals surface area contributed by atoms with Gasteiger partial charge in [-0.2, -0.15) is 0 Å². The van der Waals surface area contributed by atoms with Gasteiger partial charge in [-0.1, -0.05) is 12.1 Å². The molecule has 2 aromatic heterocycles. The Morgan fingerprint density at radius 3 is 2.57 bits per heavy atom. The maximum atomic E-state index is 13.0. The van der Waals surface area contributed by atoms with Crippen LogP contribution in [0.15, 0.2) is 47.9 Å². The van der Waals surface area contributed by atoms with Gasteiger partial charge in [-0.3, -0.25) is 0 Å². The van der Waals surface area contributed by atoms with E-state index in [1.165, 1.54) is 29.7 Å². The van der Waals surface area contributed by atoms with Crippen LogP contribution in [0.25, 0.3) is 10.4 Å². The average Bonchev–Trinajstić information content (AvgIpc) is 2.96. The Kier molecular flexibility index (Phi) is 4.18. The molecule has 0 aliphatic carbocycles. The van der Waals surface area contributed by atoms with E-state index in [2.05, 4.69) is 15.0 Å². The zero-order valence-electron chi connectivity index (χ0n) is 12.1. The molecule has 0 saturated heterocycles. The highest BCUT2D eigenvalue weighted by Gasteiger charge is 2.12. The number of nitrogens with zero attached hydrogens (tertiary/aromatic N) is 3. The molecule has 0 N–H and O–H groups in total. The summed E-state index contributed by atoms with van der Waals surface area (Å²) in [4.78, 5) is 13.0. The lowest BCUT2D eigenvalue weighted by Gasteiger charge is -2.00. The van der Waals surface area contributed by atoms with Gasteiger partial charge >= 0.3 is 0 Å². The Balaban J connectivity index is 1.83. The summed E-state index contributed by atoms with van der Waals surface area (Å²) < 4.78 is 35.9. The van der Waals surface area contributed by atoms with Gasteiger partial charge in [0, 0.05) is 25.1 Å². The van der Waals surface area contributed by atoms with Gasteiger partial charge in [0.15, 0.2) is 0 Å². The molecule has 5 nitrogen and oxygen atoms in total. The molecular weight excluding hydrogens is 337 g/mol. The van der Waals surface area contributed by atoms with Crippen LogP contribution in [0.2, 0.25) is 0 Å². The third-order valence-electron chi connectivity index (χ3n) is 3.04. The van der Waals surface area contributed by atoms with E-state index in [9.17, 15) is 12.8 Å². The van der Waals surface area contributed by atoms with Crippen LogP contribution in [0.3, 0.4) is 0 Å². The highest BCUT2D eigenvalue weighted by Crippen LogP contribution is 2.27. The number of sulfone groups is 1. The first-order chi connectivity index (χ1) is 10.9. The molecule has 0 bridgehead atoms. The molecule has 8 heteroatoms. The Hall–Kier alpha value is -2.19. The van der Waals surface area contributed by atoms with Crippen LogP contribution in [-0.2, 0) is 16.3 Å². The number of aromatic nitrogens is 3. The van der Waals surface area contributed by atoms with Gasteiger partial charge in [0.1, 0.15) is 5.82 Å².